The number of hydrogen-bond acceptors (Lipinski definition) is 3. The highest BCUT2D eigenvalue weighted by Crippen LogP contribution is 2.02. The molecule has 0 aromatic carbocycles. The van der Waals surface area contributed by atoms with Crippen molar-refractivity contribution in [1.82, 2.24) is 15.2 Å². The zero-order valence-electron chi connectivity index (χ0n) is 9.35. The predicted molar refractivity (Wildman–Crippen MR) is 62.0 cm³/mol. The van der Waals surface area contributed by atoms with E-state index in [2.05, 4.69) is 10.3 Å². The minimum Gasteiger partial charge on any atom is -0.340 e. The molecule has 1 fully saturated rings. The molecule has 1 aliphatic rings. The summed E-state index contributed by atoms with van der Waals surface area (Å²) in [5.74, 6) is 0.243. The molecular weight excluding hydrogens is 202 g/mol. The van der Waals surface area contributed by atoms with Crippen molar-refractivity contribution in [2.75, 3.05) is 26.2 Å². The van der Waals surface area contributed by atoms with E-state index >= 15 is 0 Å². The van der Waals surface area contributed by atoms with Gasteiger partial charge in [0, 0.05) is 44.5 Å². The molecule has 0 radical (unpaired) electrons. The van der Waals surface area contributed by atoms with Crippen LogP contribution < -0.4 is 5.32 Å². The van der Waals surface area contributed by atoms with Crippen molar-refractivity contribution in [3.8, 4) is 0 Å². The van der Waals surface area contributed by atoms with E-state index in [1.54, 1.807) is 6.20 Å². The summed E-state index contributed by atoms with van der Waals surface area (Å²) in [5, 5.41) is 3.24. The van der Waals surface area contributed by atoms with Gasteiger partial charge in [0.2, 0.25) is 5.91 Å². The van der Waals surface area contributed by atoms with Crippen molar-refractivity contribution in [2.45, 2.75) is 12.8 Å². The van der Waals surface area contributed by atoms with Crippen LogP contribution in [0.5, 0.6) is 0 Å². The third kappa shape index (κ3) is 3.03. The first kappa shape index (κ1) is 11.1. The van der Waals surface area contributed by atoms with E-state index in [4.69, 9.17) is 0 Å². The maximum absolute atomic E-state index is 11.8. The molecule has 2 heterocycles. The molecule has 0 spiro atoms. The fourth-order valence-electron chi connectivity index (χ4n) is 1.85. The Morgan fingerprint density at radius 2 is 2.19 bits per heavy atom. The van der Waals surface area contributed by atoms with Crippen LogP contribution in [0.4, 0.5) is 0 Å². The van der Waals surface area contributed by atoms with Gasteiger partial charge in [-0.15, -0.1) is 0 Å². The normalized spacial score (nSPS) is 16.1. The zero-order valence-corrected chi connectivity index (χ0v) is 9.35. The van der Waals surface area contributed by atoms with Gasteiger partial charge >= 0.3 is 0 Å². The number of pyridine rings is 1. The summed E-state index contributed by atoms with van der Waals surface area (Å²) in [4.78, 5) is 18.0. The number of rotatable bonds is 3. The van der Waals surface area contributed by atoms with Gasteiger partial charge in [0.25, 0.3) is 0 Å². The molecule has 0 aliphatic carbocycles. The van der Waals surface area contributed by atoms with E-state index in [-0.39, 0.29) is 5.91 Å². The molecule has 1 amide bonds. The fourth-order valence-corrected chi connectivity index (χ4v) is 1.85. The first-order valence-electron chi connectivity index (χ1n) is 5.74. The minimum atomic E-state index is 0.243. The van der Waals surface area contributed by atoms with Gasteiger partial charge in [-0.1, -0.05) is 6.07 Å². The molecule has 1 saturated heterocycles. The van der Waals surface area contributed by atoms with Gasteiger partial charge in [-0.25, -0.2) is 0 Å². The summed E-state index contributed by atoms with van der Waals surface area (Å²) < 4.78 is 0. The van der Waals surface area contributed by atoms with Crippen LogP contribution in [-0.2, 0) is 11.2 Å². The molecule has 0 atom stereocenters. The standard InChI is InChI=1S/C12H17N3O/c16-12(15-9-7-13-8-10-15)5-4-11-3-1-2-6-14-11/h1-3,6,13H,4-5,7-10H2. The Balaban J connectivity index is 1.79. The van der Waals surface area contributed by atoms with Crippen LogP contribution in [0.2, 0.25) is 0 Å². The Morgan fingerprint density at radius 3 is 2.88 bits per heavy atom. The summed E-state index contributed by atoms with van der Waals surface area (Å²) in [6.45, 7) is 3.49. The molecule has 0 unspecified atom stereocenters. The third-order valence-electron chi connectivity index (χ3n) is 2.79. The van der Waals surface area contributed by atoms with E-state index in [9.17, 15) is 4.79 Å². The summed E-state index contributed by atoms with van der Waals surface area (Å²) in [6.07, 6.45) is 3.07. The topological polar surface area (TPSA) is 45.2 Å². The van der Waals surface area contributed by atoms with Crippen molar-refractivity contribution in [2.24, 2.45) is 0 Å². The monoisotopic (exact) mass is 219 g/mol. The van der Waals surface area contributed by atoms with E-state index in [1.165, 1.54) is 0 Å². The molecule has 1 aliphatic heterocycles. The van der Waals surface area contributed by atoms with E-state index < -0.39 is 0 Å². The number of carbonyl (C=O) groups is 1. The number of nitrogens with one attached hydrogen (secondary N) is 1. The summed E-state index contributed by atoms with van der Waals surface area (Å²) in [6, 6.07) is 5.81. The van der Waals surface area contributed by atoms with Gasteiger partial charge in [-0.2, -0.15) is 0 Å². The van der Waals surface area contributed by atoms with Gasteiger partial charge in [-0.3, -0.25) is 9.78 Å². The lowest BCUT2D eigenvalue weighted by molar-refractivity contribution is -0.131. The molecule has 1 N–H and O–H groups in total. The van der Waals surface area contributed by atoms with Crippen LogP contribution in [0, 0.1) is 0 Å². The van der Waals surface area contributed by atoms with E-state index in [0.717, 1.165) is 38.3 Å². The Morgan fingerprint density at radius 1 is 1.38 bits per heavy atom. The van der Waals surface area contributed by atoms with Crippen molar-refractivity contribution >= 4 is 5.91 Å². The number of nitrogens with zero attached hydrogens (tertiary/aromatic N) is 2. The Kier molecular flexibility index (Phi) is 3.88. The van der Waals surface area contributed by atoms with Crippen molar-refractivity contribution in [3.05, 3.63) is 30.1 Å². The average Bonchev–Trinajstić information content (AvgIpc) is 2.38. The van der Waals surface area contributed by atoms with Crippen LogP contribution in [0.15, 0.2) is 24.4 Å². The third-order valence-corrected chi connectivity index (χ3v) is 2.79. The molecule has 0 saturated carbocycles. The lowest BCUT2D eigenvalue weighted by Crippen LogP contribution is -2.46. The maximum atomic E-state index is 11.8. The number of aromatic nitrogens is 1. The van der Waals surface area contributed by atoms with Crippen LogP contribution in [0.25, 0.3) is 0 Å². The lowest BCUT2D eigenvalue weighted by Gasteiger charge is -2.27. The van der Waals surface area contributed by atoms with Gasteiger partial charge in [0.1, 0.15) is 0 Å². The predicted octanol–water partition coefficient (Wildman–Crippen LogP) is 0.446. The Labute approximate surface area is 95.7 Å². The van der Waals surface area contributed by atoms with Crippen LogP contribution in [0.3, 0.4) is 0 Å². The van der Waals surface area contributed by atoms with E-state index in [0.29, 0.717) is 6.42 Å². The minimum absolute atomic E-state index is 0.243. The van der Waals surface area contributed by atoms with Crippen LogP contribution in [-0.4, -0.2) is 42.0 Å². The second-order valence-corrected chi connectivity index (χ2v) is 3.95. The summed E-state index contributed by atoms with van der Waals surface area (Å²) in [5.41, 5.74) is 0.992. The second kappa shape index (κ2) is 5.61. The SMILES string of the molecule is O=C(CCc1ccccn1)N1CCNCC1. The van der Waals surface area contributed by atoms with Gasteiger partial charge in [0.05, 0.1) is 0 Å². The molecule has 86 valence electrons. The fraction of sp³-hybridized carbons (Fsp3) is 0.500. The first-order chi connectivity index (χ1) is 7.86. The molecular formula is C12H17N3O. The van der Waals surface area contributed by atoms with Crippen molar-refractivity contribution < 1.29 is 4.79 Å². The molecule has 4 heteroatoms. The number of carbonyl (C=O) groups excluding carboxylic acids is 1. The van der Waals surface area contributed by atoms with Crippen LogP contribution in [0.1, 0.15) is 12.1 Å². The summed E-state index contributed by atoms with van der Waals surface area (Å²) in [7, 11) is 0. The van der Waals surface area contributed by atoms with Crippen molar-refractivity contribution in [3.63, 3.8) is 0 Å². The smallest absolute Gasteiger partial charge is 0.223 e. The van der Waals surface area contributed by atoms with Gasteiger partial charge in [-0.05, 0) is 18.6 Å². The highest BCUT2D eigenvalue weighted by Gasteiger charge is 2.15. The number of hydrogen-bond donors (Lipinski definition) is 1. The first-order valence-corrected chi connectivity index (χ1v) is 5.74. The zero-order chi connectivity index (χ0) is 11.2. The Hall–Kier alpha value is -1.42. The van der Waals surface area contributed by atoms with E-state index in [1.807, 2.05) is 23.1 Å². The molecule has 1 aromatic rings. The average molecular weight is 219 g/mol. The second-order valence-electron chi connectivity index (χ2n) is 3.95. The quantitative estimate of drug-likeness (QED) is 0.802. The van der Waals surface area contributed by atoms with Crippen LogP contribution >= 0.6 is 0 Å². The Bertz CT molecular complexity index is 333. The van der Waals surface area contributed by atoms with Gasteiger partial charge < -0.3 is 10.2 Å². The van der Waals surface area contributed by atoms with Crippen molar-refractivity contribution in [1.29, 1.82) is 0 Å². The molecule has 4 nitrogen and oxygen atoms in total. The number of amides is 1. The summed E-state index contributed by atoms with van der Waals surface area (Å²) >= 11 is 0. The highest BCUT2D eigenvalue weighted by atomic mass is 16.2. The van der Waals surface area contributed by atoms with Gasteiger partial charge in [0.15, 0.2) is 0 Å². The number of aryl methyl sites for hydroxylation is 1. The molecule has 16 heavy (non-hydrogen) atoms. The lowest BCUT2D eigenvalue weighted by atomic mass is 10.2. The highest BCUT2D eigenvalue weighted by molar-refractivity contribution is 5.76. The maximum Gasteiger partial charge on any atom is 0.223 e. The molecule has 1 aromatic heterocycles. The number of piperazine rings is 1. The molecule has 2 rings (SSSR count). The molecule has 0 bridgehead atoms. The largest absolute Gasteiger partial charge is 0.340 e.